The molecule has 0 fully saturated rings. The Labute approximate surface area is 141 Å². The van der Waals surface area contributed by atoms with Crippen LogP contribution >= 0.6 is 0 Å². The molecule has 0 bridgehead atoms. The van der Waals surface area contributed by atoms with Gasteiger partial charge < -0.3 is 14.9 Å². The molecule has 0 spiro atoms. The van der Waals surface area contributed by atoms with Crippen molar-refractivity contribution in [3.05, 3.63) is 0 Å². The predicted molar refractivity (Wildman–Crippen MR) is 103 cm³/mol. The van der Waals surface area contributed by atoms with Crippen molar-refractivity contribution in [2.24, 2.45) is 5.16 Å². The van der Waals surface area contributed by atoms with Crippen molar-refractivity contribution in [3.8, 4) is 0 Å². The first-order valence-electron chi connectivity index (χ1n) is 8.90. The monoisotopic (exact) mass is 320 g/mol. The van der Waals surface area contributed by atoms with Crippen molar-refractivity contribution in [2.75, 3.05) is 20.2 Å². The second-order valence-electron chi connectivity index (χ2n) is 3.59. The molecule has 0 aliphatic heterocycles. The van der Waals surface area contributed by atoms with E-state index in [0.717, 1.165) is 37.8 Å². The molecular weight excluding hydrogens is 276 g/mol. The van der Waals surface area contributed by atoms with Crippen molar-refractivity contribution in [2.45, 2.75) is 88.0 Å². The second-order valence-corrected chi connectivity index (χ2v) is 3.59. The fraction of sp³-hybridized carbons (Fsp3) is 0.889. The van der Waals surface area contributed by atoms with Crippen LogP contribution in [0.4, 0.5) is 0 Å². The van der Waals surface area contributed by atoms with Crippen LogP contribution in [0, 0.1) is 0 Å². The van der Waals surface area contributed by atoms with Crippen LogP contribution in [0.15, 0.2) is 5.16 Å². The number of oxime groups is 1. The number of rotatable bonds is 8. The molecule has 4 heteroatoms. The van der Waals surface area contributed by atoms with Gasteiger partial charge in [0.25, 0.3) is 0 Å². The van der Waals surface area contributed by atoms with Gasteiger partial charge in [-0.05, 0) is 46.7 Å². The van der Waals surface area contributed by atoms with Crippen LogP contribution < -0.4 is 5.32 Å². The lowest BCUT2D eigenvalue weighted by Crippen LogP contribution is -2.01. The summed E-state index contributed by atoms with van der Waals surface area (Å²) in [5.41, 5.74) is 0.933. The maximum atomic E-state index is 9.93. The Morgan fingerprint density at radius 3 is 1.77 bits per heavy atom. The average Bonchev–Trinajstić information content (AvgIpc) is 2.59. The molecular formula is C18H44N2O2. The number of carbonyl (C=O) groups excluding carboxylic acids is 1. The molecule has 0 aromatic carbocycles. The van der Waals surface area contributed by atoms with E-state index in [9.17, 15) is 4.79 Å². The lowest BCUT2D eigenvalue weighted by atomic mass is 10.2. The van der Waals surface area contributed by atoms with Gasteiger partial charge in [-0.25, -0.2) is 0 Å². The van der Waals surface area contributed by atoms with E-state index in [2.05, 4.69) is 17.4 Å². The van der Waals surface area contributed by atoms with E-state index >= 15 is 0 Å². The summed E-state index contributed by atoms with van der Waals surface area (Å²) in [5, 5.41) is 6.72. The van der Waals surface area contributed by atoms with Gasteiger partial charge in [0, 0.05) is 6.42 Å². The van der Waals surface area contributed by atoms with Crippen molar-refractivity contribution in [1.29, 1.82) is 0 Å². The molecule has 138 valence electrons. The summed E-state index contributed by atoms with van der Waals surface area (Å²) >= 11 is 0. The van der Waals surface area contributed by atoms with Gasteiger partial charge in [0.1, 0.15) is 12.9 Å². The molecule has 0 aliphatic rings. The molecule has 22 heavy (non-hydrogen) atoms. The molecule has 0 rings (SSSR count). The lowest BCUT2D eigenvalue weighted by Gasteiger charge is -1.98. The Kier molecular flexibility index (Phi) is 74.9. The zero-order chi connectivity index (χ0) is 18.6. The summed E-state index contributed by atoms with van der Waals surface area (Å²) in [4.78, 5) is 14.9. The first-order valence-corrected chi connectivity index (χ1v) is 8.90. The zero-order valence-electron chi connectivity index (χ0n) is 17.1. The Morgan fingerprint density at radius 2 is 1.45 bits per heavy atom. The van der Waals surface area contributed by atoms with Crippen LogP contribution in [0.5, 0.6) is 0 Å². The summed E-state index contributed by atoms with van der Waals surface area (Å²) in [6.07, 6.45) is 4.59. The molecule has 0 aliphatic carbocycles. The smallest absolute Gasteiger partial charge is 0.119 e. The molecule has 0 saturated heterocycles. The van der Waals surface area contributed by atoms with Crippen molar-refractivity contribution in [3.63, 3.8) is 0 Å². The topological polar surface area (TPSA) is 50.7 Å². The first-order chi connectivity index (χ1) is 10.7. The molecule has 0 radical (unpaired) electrons. The fourth-order valence-electron chi connectivity index (χ4n) is 0.746. The molecule has 1 N–H and O–H groups in total. The van der Waals surface area contributed by atoms with Gasteiger partial charge >= 0.3 is 0 Å². The highest BCUT2D eigenvalue weighted by atomic mass is 16.6. The number of nitrogens with one attached hydrogen (secondary N) is 1. The first kappa shape index (κ1) is 32.9. The molecule has 0 saturated carbocycles. The van der Waals surface area contributed by atoms with E-state index in [1.54, 1.807) is 0 Å². The third-order valence-electron chi connectivity index (χ3n) is 1.66. The van der Waals surface area contributed by atoms with Gasteiger partial charge in [-0.3, -0.25) is 0 Å². The van der Waals surface area contributed by atoms with Gasteiger partial charge in [0.05, 0.1) is 5.71 Å². The van der Waals surface area contributed by atoms with E-state index in [0.29, 0.717) is 13.0 Å². The summed E-state index contributed by atoms with van der Waals surface area (Å²) < 4.78 is 0. The van der Waals surface area contributed by atoms with Gasteiger partial charge in [-0.15, -0.1) is 0 Å². The minimum absolute atomic E-state index is 0.657. The number of hydrogen-bond acceptors (Lipinski definition) is 4. The maximum Gasteiger partial charge on any atom is 0.119 e. The highest BCUT2D eigenvalue weighted by Crippen LogP contribution is 1.98. The Morgan fingerprint density at radius 1 is 1.00 bits per heavy atom. The van der Waals surface area contributed by atoms with E-state index in [1.807, 2.05) is 62.4 Å². The largest absolute Gasteiger partial charge is 0.396 e. The molecule has 0 heterocycles. The third kappa shape index (κ3) is 75.6. The number of nitrogens with zero attached hydrogens (tertiary/aromatic N) is 1. The highest BCUT2D eigenvalue weighted by molar-refractivity contribution is 5.78. The SMILES string of the molecule is CC.CC.CC.CC(C)=NOCCCCCC=O.CCNC. The number of hydrogen-bond donors (Lipinski definition) is 1. The third-order valence-corrected chi connectivity index (χ3v) is 1.66. The number of aldehydes is 1. The fourth-order valence-corrected chi connectivity index (χ4v) is 0.746. The summed E-state index contributed by atoms with van der Waals surface area (Å²) in [6.45, 7) is 19.6. The molecule has 0 aromatic rings. The van der Waals surface area contributed by atoms with Crippen LogP contribution in [0.3, 0.4) is 0 Å². The number of unbranched alkanes of at least 4 members (excludes halogenated alkanes) is 3. The maximum absolute atomic E-state index is 9.93. The van der Waals surface area contributed by atoms with Crippen molar-refractivity contribution in [1.82, 2.24) is 5.32 Å². The van der Waals surface area contributed by atoms with E-state index < -0.39 is 0 Å². The quantitative estimate of drug-likeness (QED) is 0.279. The zero-order valence-corrected chi connectivity index (χ0v) is 17.1. The normalized spacial score (nSPS) is 7.18. The molecule has 0 unspecified atom stereocenters. The Balaban J connectivity index is -0.0000000803. The summed E-state index contributed by atoms with van der Waals surface area (Å²) in [6, 6.07) is 0. The van der Waals surface area contributed by atoms with Gasteiger partial charge in [-0.2, -0.15) is 0 Å². The molecule has 0 amide bonds. The van der Waals surface area contributed by atoms with Crippen LogP contribution in [-0.4, -0.2) is 32.2 Å². The molecule has 4 nitrogen and oxygen atoms in total. The van der Waals surface area contributed by atoms with Crippen LogP contribution in [0.2, 0.25) is 0 Å². The minimum atomic E-state index is 0.657. The predicted octanol–water partition coefficient (Wildman–Crippen LogP) is 5.46. The Bertz CT molecular complexity index is 166. The van der Waals surface area contributed by atoms with Crippen LogP contribution in [-0.2, 0) is 9.63 Å². The van der Waals surface area contributed by atoms with Crippen LogP contribution in [0.25, 0.3) is 0 Å². The molecule has 0 atom stereocenters. The minimum Gasteiger partial charge on any atom is -0.396 e. The Hall–Kier alpha value is -0.900. The lowest BCUT2D eigenvalue weighted by molar-refractivity contribution is -0.107. The van der Waals surface area contributed by atoms with Crippen molar-refractivity contribution >= 4 is 12.0 Å². The van der Waals surface area contributed by atoms with E-state index in [1.165, 1.54) is 0 Å². The highest BCUT2D eigenvalue weighted by Gasteiger charge is 1.88. The van der Waals surface area contributed by atoms with Gasteiger partial charge in [0.2, 0.25) is 0 Å². The van der Waals surface area contributed by atoms with Gasteiger partial charge in [-0.1, -0.05) is 53.6 Å². The summed E-state index contributed by atoms with van der Waals surface area (Å²) in [7, 11) is 1.93. The standard InChI is InChI=1S/C9H17NO2.C3H9N.3C2H6/c1-9(2)10-12-8-6-4-3-5-7-11;1-3-4-2;3*1-2/h7H,3-6,8H2,1-2H3;4H,3H2,1-2H3;3*1-2H3. The van der Waals surface area contributed by atoms with Gasteiger partial charge in [0.15, 0.2) is 0 Å². The van der Waals surface area contributed by atoms with Crippen LogP contribution in [0.1, 0.15) is 88.0 Å². The number of carbonyl (C=O) groups is 1. The molecule has 0 aromatic heterocycles. The second kappa shape index (κ2) is 50.1. The average molecular weight is 321 g/mol. The summed E-state index contributed by atoms with van der Waals surface area (Å²) in [5.74, 6) is 0. The van der Waals surface area contributed by atoms with Crippen molar-refractivity contribution < 1.29 is 9.63 Å². The van der Waals surface area contributed by atoms with E-state index in [4.69, 9.17) is 4.84 Å². The van der Waals surface area contributed by atoms with E-state index in [-0.39, 0.29) is 0 Å².